The lowest BCUT2D eigenvalue weighted by atomic mass is 10.0. The van der Waals surface area contributed by atoms with Crippen LogP contribution in [0.25, 0.3) is 0 Å². The molecule has 19 heavy (non-hydrogen) atoms. The summed E-state index contributed by atoms with van der Waals surface area (Å²) in [6.07, 6.45) is 3.52. The SMILES string of the molecule is Cn1ncc(C(=O)C2CC2)c1CC(C)(C)S(N)(=O)=O. The molecule has 1 aliphatic carbocycles. The summed E-state index contributed by atoms with van der Waals surface area (Å²) in [6.45, 7) is 3.11. The van der Waals surface area contributed by atoms with E-state index >= 15 is 0 Å². The zero-order valence-electron chi connectivity index (χ0n) is 11.4. The fourth-order valence-corrected chi connectivity index (χ4v) is 2.29. The molecule has 1 fully saturated rings. The second-order valence-corrected chi connectivity index (χ2v) is 7.94. The zero-order valence-corrected chi connectivity index (χ0v) is 12.2. The molecule has 1 saturated carbocycles. The van der Waals surface area contributed by atoms with Crippen LogP contribution in [0.1, 0.15) is 42.7 Å². The van der Waals surface area contributed by atoms with Crippen molar-refractivity contribution in [3.05, 3.63) is 17.5 Å². The van der Waals surface area contributed by atoms with Crippen LogP contribution in [-0.4, -0.2) is 28.7 Å². The van der Waals surface area contributed by atoms with Crippen molar-refractivity contribution >= 4 is 15.8 Å². The summed E-state index contributed by atoms with van der Waals surface area (Å²) in [5, 5.41) is 9.31. The number of aryl methyl sites for hydroxylation is 1. The van der Waals surface area contributed by atoms with Gasteiger partial charge >= 0.3 is 0 Å². The number of nitrogens with two attached hydrogens (primary N) is 1. The van der Waals surface area contributed by atoms with Crippen molar-refractivity contribution in [2.75, 3.05) is 0 Å². The van der Waals surface area contributed by atoms with E-state index in [0.717, 1.165) is 12.8 Å². The van der Waals surface area contributed by atoms with Crippen LogP contribution >= 0.6 is 0 Å². The second kappa shape index (κ2) is 4.42. The molecule has 0 saturated heterocycles. The van der Waals surface area contributed by atoms with Crippen molar-refractivity contribution in [2.24, 2.45) is 18.1 Å². The quantitative estimate of drug-likeness (QED) is 0.802. The predicted octanol–water partition coefficient (Wildman–Crippen LogP) is 0.622. The summed E-state index contributed by atoms with van der Waals surface area (Å²) in [5.74, 6) is 0.147. The highest BCUT2D eigenvalue weighted by atomic mass is 32.2. The number of hydrogen-bond donors (Lipinski definition) is 1. The van der Waals surface area contributed by atoms with Gasteiger partial charge in [0.05, 0.1) is 22.2 Å². The summed E-state index contributed by atoms with van der Waals surface area (Å²) in [4.78, 5) is 12.1. The van der Waals surface area contributed by atoms with Crippen molar-refractivity contribution in [1.29, 1.82) is 0 Å². The maximum Gasteiger partial charge on any atom is 0.214 e. The van der Waals surface area contributed by atoms with Crippen molar-refractivity contribution in [1.82, 2.24) is 9.78 Å². The monoisotopic (exact) mass is 285 g/mol. The molecule has 106 valence electrons. The normalized spacial score (nSPS) is 16.6. The number of sulfonamides is 1. The largest absolute Gasteiger partial charge is 0.294 e. The molecule has 0 atom stereocenters. The minimum Gasteiger partial charge on any atom is -0.294 e. The van der Waals surface area contributed by atoms with E-state index < -0.39 is 14.8 Å². The number of rotatable bonds is 5. The van der Waals surface area contributed by atoms with E-state index in [1.807, 2.05) is 0 Å². The molecule has 0 radical (unpaired) electrons. The smallest absolute Gasteiger partial charge is 0.214 e. The minimum absolute atomic E-state index is 0.0633. The summed E-state index contributed by atoms with van der Waals surface area (Å²) < 4.78 is 23.6. The van der Waals surface area contributed by atoms with Crippen molar-refractivity contribution in [3.63, 3.8) is 0 Å². The first-order valence-corrected chi connectivity index (χ1v) is 7.75. The summed E-state index contributed by atoms with van der Waals surface area (Å²) >= 11 is 0. The third-order valence-electron chi connectivity index (χ3n) is 3.64. The van der Waals surface area contributed by atoms with Gasteiger partial charge in [0, 0.05) is 19.4 Å². The molecule has 1 heterocycles. The molecule has 2 rings (SSSR count). The van der Waals surface area contributed by atoms with Crippen molar-refractivity contribution < 1.29 is 13.2 Å². The Kier molecular flexibility index (Phi) is 3.30. The Bertz CT molecular complexity index is 612. The van der Waals surface area contributed by atoms with Crippen molar-refractivity contribution in [2.45, 2.75) is 37.9 Å². The van der Waals surface area contributed by atoms with Gasteiger partial charge in [0.15, 0.2) is 5.78 Å². The number of carbonyl (C=O) groups excluding carboxylic acids is 1. The maximum absolute atomic E-state index is 12.1. The number of nitrogens with zero attached hydrogens (tertiary/aromatic N) is 2. The van der Waals surface area contributed by atoms with Crippen LogP contribution in [0.4, 0.5) is 0 Å². The van der Waals surface area contributed by atoms with Crippen LogP contribution in [0.15, 0.2) is 6.20 Å². The molecular formula is C12H19N3O3S. The Morgan fingerprint density at radius 2 is 2.11 bits per heavy atom. The van der Waals surface area contributed by atoms with E-state index in [0.29, 0.717) is 11.3 Å². The molecule has 0 amide bonds. The molecule has 1 aromatic heterocycles. The maximum atomic E-state index is 12.1. The van der Waals surface area contributed by atoms with Gasteiger partial charge in [-0.2, -0.15) is 5.10 Å². The Labute approximate surface area is 113 Å². The molecule has 0 aromatic carbocycles. The van der Waals surface area contributed by atoms with Crippen LogP contribution in [-0.2, 0) is 23.5 Å². The Morgan fingerprint density at radius 1 is 1.53 bits per heavy atom. The van der Waals surface area contributed by atoms with E-state index in [2.05, 4.69) is 5.10 Å². The van der Waals surface area contributed by atoms with Crippen LogP contribution in [0.5, 0.6) is 0 Å². The molecule has 0 spiro atoms. The Hall–Kier alpha value is -1.21. The first-order chi connectivity index (χ1) is 8.63. The van der Waals surface area contributed by atoms with Crippen LogP contribution in [0, 0.1) is 5.92 Å². The topological polar surface area (TPSA) is 95.0 Å². The van der Waals surface area contributed by atoms with Crippen LogP contribution in [0.3, 0.4) is 0 Å². The molecule has 0 aliphatic heterocycles. The average molecular weight is 285 g/mol. The van der Waals surface area contributed by atoms with E-state index in [1.165, 1.54) is 6.20 Å². The molecule has 0 bridgehead atoms. The number of Topliss-reactive ketones (excluding diaryl/α,β-unsaturated/α-hetero) is 1. The van der Waals surface area contributed by atoms with Crippen LogP contribution in [0.2, 0.25) is 0 Å². The van der Waals surface area contributed by atoms with Gasteiger partial charge in [-0.3, -0.25) is 9.48 Å². The summed E-state index contributed by atoms with van der Waals surface area (Å²) in [6, 6.07) is 0. The number of carbonyl (C=O) groups is 1. The van der Waals surface area contributed by atoms with Crippen molar-refractivity contribution in [3.8, 4) is 0 Å². The molecule has 0 unspecified atom stereocenters. The molecule has 7 heteroatoms. The van der Waals surface area contributed by atoms with Gasteiger partial charge in [0.2, 0.25) is 10.0 Å². The van der Waals surface area contributed by atoms with E-state index in [-0.39, 0.29) is 18.1 Å². The lowest BCUT2D eigenvalue weighted by molar-refractivity contribution is 0.0966. The lowest BCUT2D eigenvalue weighted by Gasteiger charge is -2.22. The van der Waals surface area contributed by atoms with Gasteiger partial charge in [-0.1, -0.05) is 0 Å². The number of aromatic nitrogens is 2. The van der Waals surface area contributed by atoms with E-state index in [1.54, 1.807) is 25.6 Å². The number of hydrogen-bond acceptors (Lipinski definition) is 4. The molecule has 2 N–H and O–H groups in total. The van der Waals surface area contributed by atoms with Crippen LogP contribution < -0.4 is 5.14 Å². The highest BCUT2D eigenvalue weighted by molar-refractivity contribution is 7.90. The minimum atomic E-state index is -3.69. The standard InChI is InChI=1S/C12H19N3O3S/c1-12(2,19(13,17)18)6-10-9(7-14-15(10)3)11(16)8-4-5-8/h7-8H,4-6H2,1-3H3,(H2,13,17,18). The third-order valence-corrected chi connectivity index (χ3v) is 5.32. The first-order valence-electron chi connectivity index (χ1n) is 6.21. The van der Waals surface area contributed by atoms with Gasteiger partial charge in [-0.05, 0) is 26.7 Å². The Balaban J connectivity index is 2.35. The van der Waals surface area contributed by atoms with E-state index in [9.17, 15) is 13.2 Å². The zero-order chi connectivity index (χ0) is 14.4. The predicted molar refractivity (Wildman–Crippen MR) is 71.2 cm³/mol. The second-order valence-electron chi connectivity index (χ2n) is 5.75. The first kappa shape index (κ1) is 14.2. The molecule has 6 nitrogen and oxygen atoms in total. The lowest BCUT2D eigenvalue weighted by Crippen LogP contribution is -2.40. The summed E-state index contributed by atoms with van der Waals surface area (Å²) in [5.41, 5.74) is 1.16. The molecule has 1 aromatic rings. The average Bonchev–Trinajstić information content (AvgIpc) is 3.04. The van der Waals surface area contributed by atoms with Gasteiger partial charge < -0.3 is 0 Å². The van der Waals surface area contributed by atoms with E-state index in [4.69, 9.17) is 5.14 Å². The Morgan fingerprint density at radius 3 is 2.58 bits per heavy atom. The van der Waals surface area contributed by atoms with Gasteiger partial charge in [-0.15, -0.1) is 0 Å². The third kappa shape index (κ3) is 2.71. The number of primary sulfonamides is 1. The molecular weight excluding hydrogens is 266 g/mol. The summed E-state index contributed by atoms with van der Waals surface area (Å²) in [7, 11) is -1.99. The fraction of sp³-hybridized carbons (Fsp3) is 0.667. The molecule has 1 aliphatic rings. The fourth-order valence-electron chi connectivity index (χ4n) is 1.95. The van der Waals surface area contributed by atoms with Gasteiger partial charge in [0.25, 0.3) is 0 Å². The highest BCUT2D eigenvalue weighted by Crippen LogP contribution is 2.34. The van der Waals surface area contributed by atoms with Gasteiger partial charge in [-0.25, -0.2) is 13.6 Å². The number of ketones is 1. The highest BCUT2D eigenvalue weighted by Gasteiger charge is 2.37. The van der Waals surface area contributed by atoms with Gasteiger partial charge in [0.1, 0.15) is 0 Å².